The van der Waals surface area contributed by atoms with E-state index >= 15 is 0 Å². The topological polar surface area (TPSA) is 47.3 Å². The first-order valence-corrected chi connectivity index (χ1v) is 6.02. The molecular weight excluding hydrogens is 253 g/mol. The third-order valence-corrected chi connectivity index (χ3v) is 3.04. The first kappa shape index (κ1) is 14.4. The van der Waals surface area contributed by atoms with Crippen LogP contribution in [-0.2, 0) is 11.2 Å². The van der Waals surface area contributed by atoms with Crippen LogP contribution in [0.4, 0.5) is 13.2 Å². The van der Waals surface area contributed by atoms with Crippen molar-refractivity contribution in [2.45, 2.75) is 25.1 Å². The molecule has 1 aromatic heterocycles. The maximum Gasteiger partial charge on any atom is 0.411 e. The number of hydrazine groups is 1. The van der Waals surface area contributed by atoms with E-state index in [4.69, 9.17) is 5.84 Å². The average molecular weight is 268 g/mol. The quantitative estimate of drug-likeness (QED) is 0.452. The fourth-order valence-electron chi connectivity index (χ4n) is 1.33. The number of thiophene rings is 1. The fraction of sp³-hybridized carbons (Fsp3) is 0.600. The van der Waals surface area contributed by atoms with E-state index in [1.807, 2.05) is 17.5 Å². The van der Waals surface area contributed by atoms with Gasteiger partial charge in [-0.1, -0.05) is 6.07 Å². The monoisotopic (exact) mass is 268 g/mol. The Labute approximate surface area is 102 Å². The standard InChI is InChI=1S/C10H15F3N2OS/c11-10(12,13)7-16-4-3-8(15-14)6-9-2-1-5-17-9/h1-2,5,8,15H,3-4,6-7,14H2. The van der Waals surface area contributed by atoms with Gasteiger partial charge >= 0.3 is 6.18 Å². The average Bonchev–Trinajstić information content (AvgIpc) is 2.73. The van der Waals surface area contributed by atoms with Crippen LogP contribution in [0.3, 0.4) is 0 Å². The predicted molar refractivity (Wildman–Crippen MR) is 60.6 cm³/mol. The molecule has 0 aliphatic rings. The molecule has 0 amide bonds. The molecule has 0 aromatic carbocycles. The highest BCUT2D eigenvalue weighted by molar-refractivity contribution is 7.09. The first-order valence-electron chi connectivity index (χ1n) is 5.14. The molecule has 3 nitrogen and oxygen atoms in total. The summed E-state index contributed by atoms with van der Waals surface area (Å²) in [7, 11) is 0. The van der Waals surface area contributed by atoms with Gasteiger partial charge in [0.15, 0.2) is 0 Å². The van der Waals surface area contributed by atoms with Crippen molar-refractivity contribution in [1.29, 1.82) is 0 Å². The van der Waals surface area contributed by atoms with Gasteiger partial charge in [-0.3, -0.25) is 11.3 Å². The van der Waals surface area contributed by atoms with Crippen molar-refractivity contribution < 1.29 is 17.9 Å². The third-order valence-electron chi connectivity index (χ3n) is 2.14. The molecule has 0 spiro atoms. The van der Waals surface area contributed by atoms with E-state index in [0.717, 1.165) is 4.88 Å². The zero-order chi connectivity index (χ0) is 12.7. The zero-order valence-electron chi connectivity index (χ0n) is 9.17. The molecule has 1 rings (SSSR count). The van der Waals surface area contributed by atoms with Crippen LogP contribution in [-0.4, -0.2) is 25.4 Å². The second-order valence-corrected chi connectivity index (χ2v) is 4.64. The smallest absolute Gasteiger partial charge is 0.372 e. The van der Waals surface area contributed by atoms with E-state index in [9.17, 15) is 13.2 Å². The van der Waals surface area contributed by atoms with Crippen LogP contribution in [0.25, 0.3) is 0 Å². The molecule has 1 atom stereocenters. The van der Waals surface area contributed by atoms with Crippen LogP contribution >= 0.6 is 11.3 Å². The molecule has 1 unspecified atom stereocenters. The molecule has 0 saturated carbocycles. The van der Waals surface area contributed by atoms with Crippen molar-refractivity contribution in [3.05, 3.63) is 22.4 Å². The lowest BCUT2D eigenvalue weighted by Crippen LogP contribution is -2.37. The summed E-state index contributed by atoms with van der Waals surface area (Å²) >= 11 is 1.59. The molecule has 0 aliphatic heterocycles. The summed E-state index contributed by atoms with van der Waals surface area (Å²) in [6.45, 7) is -1.16. The van der Waals surface area contributed by atoms with E-state index in [0.29, 0.717) is 12.8 Å². The molecule has 17 heavy (non-hydrogen) atoms. The Balaban J connectivity index is 2.19. The summed E-state index contributed by atoms with van der Waals surface area (Å²) < 4.78 is 39.9. The molecule has 98 valence electrons. The van der Waals surface area contributed by atoms with Gasteiger partial charge in [-0.15, -0.1) is 11.3 Å². The maximum atomic E-state index is 11.8. The molecule has 0 aliphatic carbocycles. The van der Waals surface area contributed by atoms with Gasteiger partial charge in [0.1, 0.15) is 6.61 Å². The Hall–Kier alpha value is -0.630. The summed E-state index contributed by atoms with van der Waals surface area (Å²) in [4.78, 5) is 1.14. The van der Waals surface area contributed by atoms with E-state index in [-0.39, 0.29) is 12.6 Å². The minimum atomic E-state index is -4.26. The minimum absolute atomic E-state index is 0.0414. The Bertz CT molecular complexity index is 303. The highest BCUT2D eigenvalue weighted by atomic mass is 32.1. The lowest BCUT2D eigenvalue weighted by molar-refractivity contribution is -0.174. The summed E-state index contributed by atoms with van der Waals surface area (Å²) in [6.07, 6.45) is -3.12. The summed E-state index contributed by atoms with van der Waals surface area (Å²) in [5.74, 6) is 5.33. The highest BCUT2D eigenvalue weighted by Crippen LogP contribution is 2.15. The number of halogens is 3. The summed E-state index contributed by atoms with van der Waals surface area (Å²) in [5, 5.41) is 1.95. The van der Waals surface area contributed by atoms with Crippen LogP contribution < -0.4 is 11.3 Å². The lowest BCUT2D eigenvalue weighted by atomic mass is 10.1. The Kier molecular flexibility index (Phi) is 5.90. The Morgan fingerprint density at radius 1 is 1.47 bits per heavy atom. The first-order chi connectivity index (χ1) is 8.01. The van der Waals surface area contributed by atoms with E-state index in [2.05, 4.69) is 10.2 Å². The van der Waals surface area contributed by atoms with Crippen LogP contribution in [0, 0.1) is 0 Å². The van der Waals surface area contributed by atoms with Gasteiger partial charge in [-0.05, 0) is 24.3 Å². The van der Waals surface area contributed by atoms with E-state index in [1.165, 1.54) is 0 Å². The molecule has 0 radical (unpaired) electrons. The molecule has 1 aromatic rings. The lowest BCUT2D eigenvalue weighted by Gasteiger charge is -2.15. The van der Waals surface area contributed by atoms with Gasteiger partial charge in [-0.2, -0.15) is 13.2 Å². The van der Waals surface area contributed by atoms with Crippen molar-refractivity contribution in [3.63, 3.8) is 0 Å². The molecule has 7 heteroatoms. The van der Waals surface area contributed by atoms with Gasteiger partial charge < -0.3 is 4.74 Å². The Morgan fingerprint density at radius 3 is 2.76 bits per heavy atom. The van der Waals surface area contributed by atoms with Crippen molar-refractivity contribution in [3.8, 4) is 0 Å². The number of hydrogen-bond acceptors (Lipinski definition) is 4. The van der Waals surface area contributed by atoms with Gasteiger partial charge in [-0.25, -0.2) is 0 Å². The van der Waals surface area contributed by atoms with Gasteiger partial charge in [0.05, 0.1) is 0 Å². The number of alkyl halides is 3. The number of hydrogen-bond donors (Lipinski definition) is 2. The van der Waals surface area contributed by atoms with Crippen molar-refractivity contribution >= 4 is 11.3 Å². The normalized spacial score (nSPS) is 13.9. The maximum absolute atomic E-state index is 11.8. The number of ether oxygens (including phenoxy) is 1. The van der Waals surface area contributed by atoms with Crippen LogP contribution in [0.1, 0.15) is 11.3 Å². The van der Waals surface area contributed by atoms with Gasteiger partial charge in [0.25, 0.3) is 0 Å². The molecule has 3 N–H and O–H groups in total. The second-order valence-electron chi connectivity index (χ2n) is 3.60. The van der Waals surface area contributed by atoms with Crippen LogP contribution in [0.2, 0.25) is 0 Å². The molecule has 0 bridgehead atoms. The van der Waals surface area contributed by atoms with Crippen molar-refractivity contribution in [2.75, 3.05) is 13.2 Å². The van der Waals surface area contributed by atoms with Crippen LogP contribution in [0.15, 0.2) is 17.5 Å². The number of nitrogens with two attached hydrogens (primary N) is 1. The largest absolute Gasteiger partial charge is 0.411 e. The zero-order valence-corrected chi connectivity index (χ0v) is 9.98. The molecule has 0 saturated heterocycles. The second kappa shape index (κ2) is 6.95. The van der Waals surface area contributed by atoms with E-state index < -0.39 is 12.8 Å². The molecule has 0 fully saturated rings. The third kappa shape index (κ3) is 6.62. The summed E-state index contributed by atoms with van der Waals surface area (Å²) in [5.41, 5.74) is 2.58. The Morgan fingerprint density at radius 2 is 2.24 bits per heavy atom. The van der Waals surface area contributed by atoms with E-state index in [1.54, 1.807) is 11.3 Å². The van der Waals surface area contributed by atoms with Crippen molar-refractivity contribution in [1.82, 2.24) is 5.43 Å². The van der Waals surface area contributed by atoms with Gasteiger partial charge in [0.2, 0.25) is 0 Å². The van der Waals surface area contributed by atoms with Gasteiger partial charge in [0, 0.05) is 17.5 Å². The highest BCUT2D eigenvalue weighted by Gasteiger charge is 2.27. The number of rotatable bonds is 7. The number of nitrogens with one attached hydrogen (secondary N) is 1. The predicted octanol–water partition coefficient (Wildman–Crippen LogP) is 2.09. The van der Waals surface area contributed by atoms with Crippen molar-refractivity contribution in [2.24, 2.45) is 5.84 Å². The van der Waals surface area contributed by atoms with Crippen LogP contribution in [0.5, 0.6) is 0 Å². The minimum Gasteiger partial charge on any atom is -0.372 e. The fourth-order valence-corrected chi connectivity index (χ4v) is 2.12. The molecule has 1 heterocycles. The SMILES string of the molecule is NNC(CCOCC(F)(F)F)Cc1cccs1. The summed E-state index contributed by atoms with van der Waals surface area (Å²) in [6, 6.07) is 3.82. The molecular formula is C10H15F3N2OS.